The molecule has 0 saturated carbocycles. The number of guanidine groups is 1. The van der Waals surface area contributed by atoms with Gasteiger partial charge in [0.2, 0.25) is 0 Å². The molecule has 0 aromatic rings. The van der Waals surface area contributed by atoms with Gasteiger partial charge in [-0.15, -0.1) is 0 Å². The molecule has 0 amide bonds. The lowest BCUT2D eigenvalue weighted by Crippen LogP contribution is -2.32. The average Bonchev–Trinajstić information content (AvgIpc) is 2.45. The molecular formula is C15H33N3O2. The molecule has 0 spiro atoms. The number of nitrogens with two attached hydrogens (primary N) is 1. The van der Waals surface area contributed by atoms with Gasteiger partial charge in [0.25, 0.3) is 0 Å². The molecule has 0 radical (unpaired) electrons. The second-order valence-corrected chi connectivity index (χ2v) is 4.92. The van der Waals surface area contributed by atoms with Crippen LogP contribution in [0.1, 0.15) is 51.9 Å². The highest BCUT2D eigenvalue weighted by Crippen LogP contribution is 2.03. The largest absolute Gasteiger partial charge is 0.382 e. The van der Waals surface area contributed by atoms with Crippen molar-refractivity contribution in [2.24, 2.45) is 10.7 Å². The quantitative estimate of drug-likeness (QED) is 0.292. The number of aliphatic imine (C=N–C) groups is 1. The number of ether oxygens (including phenoxy) is 2. The fourth-order valence-electron chi connectivity index (χ4n) is 1.79. The van der Waals surface area contributed by atoms with E-state index >= 15 is 0 Å². The van der Waals surface area contributed by atoms with Gasteiger partial charge in [0.1, 0.15) is 0 Å². The number of unbranched alkanes of at least 4 members (excludes halogenated alkanes) is 5. The van der Waals surface area contributed by atoms with Crippen LogP contribution in [0.25, 0.3) is 0 Å². The van der Waals surface area contributed by atoms with Crippen LogP contribution in [0.15, 0.2) is 4.99 Å². The number of nitrogens with one attached hydrogen (secondary N) is 1. The van der Waals surface area contributed by atoms with Crippen molar-refractivity contribution in [1.29, 1.82) is 0 Å². The summed E-state index contributed by atoms with van der Waals surface area (Å²) in [5.41, 5.74) is 5.78. The summed E-state index contributed by atoms with van der Waals surface area (Å²) in [6.45, 7) is 5.87. The first-order valence-corrected chi connectivity index (χ1v) is 7.91. The van der Waals surface area contributed by atoms with Crippen LogP contribution in [0.4, 0.5) is 0 Å². The fourth-order valence-corrected chi connectivity index (χ4v) is 1.79. The van der Waals surface area contributed by atoms with Crippen molar-refractivity contribution in [1.82, 2.24) is 5.32 Å². The highest BCUT2D eigenvalue weighted by Gasteiger charge is 1.93. The number of methoxy groups -OCH3 is 1. The highest BCUT2D eigenvalue weighted by atomic mass is 16.5. The SMILES string of the molecule is CCCCCCCCNC(N)=NCCCOCCOC. The van der Waals surface area contributed by atoms with Crippen LogP contribution in [0.2, 0.25) is 0 Å². The van der Waals surface area contributed by atoms with E-state index in [-0.39, 0.29) is 0 Å². The summed E-state index contributed by atoms with van der Waals surface area (Å²) in [6.07, 6.45) is 8.65. The first-order chi connectivity index (χ1) is 9.81. The minimum absolute atomic E-state index is 0.551. The molecule has 0 aromatic heterocycles. The van der Waals surface area contributed by atoms with Gasteiger partial charge in [-0.1, -0.05) is 39.0 Å². The number of hydrogen-bond donors (Lipinski definition) is 2. The Bertz CT molecular complexity index is 223. The molecule has 0 aliphatic rings. The van der Waals surface area contributed by atoms with Crippen LogP contribution in [0.3, 0.4) is 0 Å². The molecule has 0 aliphatic carbocycles. The lowest BCUT2D eigenvalue weighted by atomic mass is 10.1. The normalized spacial score (nSPS) is 11.8. The van der Waals surface area contributed by atoms with Gasteiger partial charge in [0, 0.05) is 26.8 Å². The Morgan fingerprint density at radius 2 is 1.75 bits per heavy atom. The summed E-state index contributed by atoms with van der Waals surface area (Å²) in [7, 11) is 1.67. The molecule has 0 unspecified atom stereocenters. The van der Waals surface area contributed by atoms with Gasteiger partial charge >= 0.3 is 0 Å². The third kappa shape index (κ3) is 15.2. The van der Waals surface area contributed by atoms with E-state index in [0.29, 0.717) is 32.3 Å². The number of rotatable bonds is 14. The van der Waals surface area contributed by atoms with Gasteiger partial charge in [0.05, 0.1) is 13.2 Å². The first kappa shape index (κ1) is 19.2. The third-order valence-electron chi connectivity index (χ3n) is 3.00. The Balaban J connectivity index is 3.25. The van der Waals surface area contributed by atoms with E-state index in [1.165, 1.54) is 38.5 Å². The topological polar surface area (TPSA) is 68.9 Å². The summed E-state index contributed by atoms with van der Waals surface area (Å²) in [5, 5.41) is 3.15. The maximum atomic E-state index is 5.78. The standard InChI is InChI=1S/C15H33N3O2/c1-3-4-5-6-7-8-10-17-15(16)18-11-9-12-20-14-13-19-2/h3-14H2,1-2H3,(H3,16,17,18). The number of nitrogens with zero attached hydrogens (tertiary/aromatic N) is 1. The maximum absolute atomic E-state index is 5.78. The zero-order valence-electron chi connectivity index (χ0n) is 13.3. The van der Waals surface area contributed by atoms with Crippen molar-refractivity contribution in [3.63, 3.8) is 0 Å². The molecule has 3 N–H and O–H groups in total. The molecule has 0 aliphatic heterocycles. The maximum Gasteiger partial charge on any atom is 0.188 e. The van der Waals surface area contributed by atoms with Crippen LogP contribution in [0, 0.1) is 0 Å². The van der Waals surface area contributed by atoms with Crippen molar-refractivity contribution in [2.45, 2.75) is 51.9 Å². The molecule has 0 heterocycles. The van der Waals surface area contributed by atoms with Crippen LogP contribution < -0.4 is 11.1 Å². The Morgan fingerprint density at radius 3 is 2.50 bits per heavy atom. The molecule has 0 rings (SSSR count). The lowest BCUT2D eigenvalue weighted by Gasteiger charge is -2.06. The Hall–Kier alpha value is -0.810. The molecule has 120 valence electrons. The highest BCUT2D eigenvalue weighted by molar-refractivity contribution is 5.77. The molecule has 0 atom stereocenters. The number of hydrogen-bond acceptors (Lipinski definition) is 3. The second kappa shape index (κ2) is 16.2. The van der Waals surface area contributed by atoms with E-state index in [1.54, 1.807) is 7.11 Å². The van der Waals surface area contributed by atoms with Gasteiger partial charge in [0.15, 0.2) is 5.96 Å². The Kier molecular flexibility index (Phi) is 15.6. The molecule has 0 bridgehead atoms. The monoisotopic (exact) mass is 287 g/mol. The Morgan fingerprint density at radius 1 is 1.00 bits per heavy atom. The van der Waals surface area contributed by atoms with E-state index in [4.69, 9.17) is 15.2 Å². The molecule has 0 fully saturated rings. The molecule has 0 aromatic carbocycles. The molecular weight excluding hydrogens is 254 g/mol. The van der Waals surface area contributed by atoms with Crippen molar-refractivity contribution in [2.75, 3.05) is 40.0 Å². The average molecular weight is 287 g/mol. The summed E-state index contributed by atoms with van der Waals surface area (Å²) in [6, 6.07) is 0. The van der Waals surface area contributed by atoms with E-state index in [2.05, 4.69) is 17.2 Å². The van der Waals surface area contributed by atoms with Crippen molar-refractivity contribution in [3.8, 4) is 0 Å². The van der Waals surface area contributed by atoms with Gasteiger partial charge < -0.3 is 20.5 Å². The van der Waals surface area contributed by atoms with Crippen LogP contribution in [0.5, 0.6) is 0 Å². The van der Waals surface area contributed by atoms with Gasteiger partial charge in [-0.2, -0.15) is 0 Å². The predicted molar refractivity (Wildman–Crippen MR) is 85.2 cm³/mol. The van der Waals surface area contributed by atoms with E-state index in [0.717, 1.165) is 13.0 Å². The molecule has 20 heavy (non-hydrogen) atoms. The van der Waals surface area contributed by atoms with Gasteiger partial charge in [-0.3, -0.25) is 4.99 Å². The smallest absolute Gasteiger partial charge is 0.188 e. The summed E-state index contributed by atoms with van der Waals surface area (Å²) in [4.78, 5) is 4.26. The summed E-state index contributed by atoms with van der Waals surface area (Å²) < 4.78 is 10.2. The zero-order chi connectivity index (χ0) is 14.9. The first-order valence-electron chi connectivity index (χ1n) is 7.91. The predicted octanol–water partition coefficient (Wildman–Crippen LogP) is 2.30. The third-order valence-corrected chi connectivity index (χ3v) is 3.00. The van der Waals surface area contributed by atoms with Crippen molar-refractivity contribution < 1.29 is 9.47 Å². The second-order valence-electron chi connectivity index (χ2n) is 4.92. The van der Waals surface area contributed by atoms with Crippen LogP contribution in [-0.2, 0) is 9.47 Å². The Labute approximate surface area is 124 Å². The lowest BCUT2D eigenvalue weighted by molar-refractivity contribution is 0.0702. The van der Waals surface area contributed by atoms with Crippen LogP contribution >= 0.6 is 0 Å². The van der Waals surface area contributed by atoms with E-state index < -0.39 is 0 Å². The van der Waals surface area contributed by atoms with Crippen molar-refractivity contribution in [3.05, 3.63) is 0 Å². The van der Waals surface area contributed by atoms with Crippen molar-refractivity contribution >= 4 is 5.96 Å². The fraction of sp³-hybridized carbons (Fsp3) is 0.933. The molecule has 5 heteroatoms. The molecule has 5 nitrogen and oxygen atoms in total. The zero-order valence-corrected chi connectivity index (χ0v) is 13.3. The minimum atomic E-state index is 0.551. The van der Waals surface area contributed by atoms with Gasteiger partial charge in [-0.05, 0) is 12.8 Å². The summed E-state index contributed by atoms with van der Waals surface area (Å²) >= 11 is 0. The summed E-state index contributed by atoms with van der Waals surface area (Å²) in [5.74, 6) is 0.551. The minimum Gasteiger partial charge on any atom is -0.382 e. The van der Waals surface area contributed by atoms with E-state index in [9.17, 15) is 0 Å². The van der Waals surface area contributed by atoms with E-state index in [1.807, 2.05) is 0 Å². The van der Waals surface area contributed by atoms with Gasteiger partial charge in [-0.25, -0.2) is 0 Å². The molecule has 0 saturated heterocycles. The van der Waals surface area contributed by atoms with Crippen LogP contribution in [-0.4, -0.2) is 46.0 Å².